The van der Waals surface area contributed by atoms with E-state index in [0.717, 1.165) is 12.2 Å². The minimum Gasteiger partial charge on any atom is -0.494 e. The molecule has 0 aliphatic carbocycles. The van der Waals surface area contributed by atoms with Gasteiger partial charge in [-0.1, -0.05) is 17.3 Å². The number of nitrogens with one attached hydrogen (secondary N) is 1. The van der Waals surface area contributed by atoms with E-state index in [9.17, 15) is 4.39 Å². The number of hydrogen-bond acceptors (Lipinski definition) is 5. The molecule has 0 amide bonds. The largest absolute Gasteiger partial charge is 0.494 e. The standard InChI is InChI=1S/C14H19FN4O2/c1-20-7-6-16-8-12-10-19(18-17-12)9-11-4-3-5-13(21-2)14(11)15/h3-5,10,16H,6-9H2,1-2H3. The maximum atomic E-state index is 14.0. The monoisotopic (exact) mass is 294 g/mol. The van der Waals surface area contributed by atoms with Crippen molar-refractivity contribution in [1.29, 1.82) is 0 Å². The number of aromatic nitrogens is 3. The second-order valence-corrected chi connectivity index (χ2v) is 4.51. The van der Waals surface area contributed by atoms with E-state index in [4.69, 9.17) is 9.47 Å². The molecular formula is C14H19FN4O2. The lowest BCUT2D eigenvalue weighted by Crippen LogP contribution is -2.18. The van der Waals surface area contributed by atoms with Crippen LogP contribution in [0.4, 0.5) is 4.39 Å². The quantitative estimate of drug-likeness (QED) is 0.742. The molecule has 0 saturated heterocycles. The number of hydrogen-bond donors (Lipinski definition) is 1. The molecule has 6 nitrogen and oxygen atoms in total. The van der Waals surface area contributed by atoms with Crippen LogP contribution < -0.4 is 10.1 Å². The molecular weight excluding hydrogens is 275 g/mol. The summed E-state index contributed by atoms with van der Waals surface area (Å²) in [5.74, 6) is -0.135. The molecule has 1 aromatic carbocycles. The number of ether oxygens (including phenoxy) is 2. The maximum Gasteiger partial charge on any atom is 0.170 e. The summed E-state index contributed by atoms with van der Waals surface area (Å²) >= 11 is 0. The minimum atomic E-state index is -0.365. The molecule has 0 spiro atoms. The summed E-state index contributed by atoms with van der Waals surface area (Å²) in [6, 6.07) is 5.04. The molecule has 7 heteroatoms. The second kappa shape index (κ2) is 7.70. The first kappa shape index (κ1) is 15.4. The molecule has 0 unspecified atom stereocenters. The van der Waals surface area contributed by atoms with Crippen LogP contribution in [0.15, 0.2) is 24.4 Å². The molecule has 0 radical (unpaired) electrons. The number of rotatable bonds is 8. The molecule has 1 N–H and O–H groups in total. The highest BCUT2D eigenvalue weighted by Crippen LogP contribution is 2.20. The fourth-order valence-electron chi connectivity index (χ4n) is 1.90. The Morgan fingerprint density at radius 2 is 2.19 bits per heavy atom. The third kappa shape index (κ3) is 4.24. The number of methoxy groups -OCH3 is 2. The Morgan fingerprint density at radius 1 is 1.33 bits per heavy atom. The first-order valence-corrected chi connectivity index (χ1v) is 6.64. The highest BCUT2D eigenvalue weighted by Gasteiger charge is 2.09. The van der Waals surface area contributed by atoms with Crippen LogP contribution in [0.25, 0.3) is 0 Å². The molecule has 0 atom stereocenters. The molecule has 0 bridgehead atoms. The first-order chi connectivity index (χ1) is 10.2. The summed E-state index contributed by atoms with van der Waals surface area (Å²) < 4.78 is 25.5. The summed E-state index contributed by atoms with van der Waals surface area (Å²) in [6.07, 6.45) is 1.79. The SMILES string of the molecule is COCCNCc1cn(Cc2cccc(OC)c2F)nn1. The normalized spacial score (nSPS) is 10.8. The summed E-state index contributed by atoms with van der Waals surface area (Å²) in [4.78, 5) is 0. The molecule has 0 aliphatic heterocycles. The third-order valence-corrected chi connectivity index (χ3v) is 2.97. The molecule has 0 aliphatic rings. The third-order valence-electron chi connectivity index (χ3n) is 2.97. The Hall–Kier alpha value is -1.99. The zero-order valence-corrected chi connectivity index (χ0v) is 12.2. The van der Waals surface area contributed by atoms with Crippen LogP contribution in [0, 0.1) is 5.82 Å². The van der Waals surface area contributed by atoms with E-state index in [2.05, 4.69) is 15.6 Å². The smallest absolute Gasteiger partial charge is 0.170 e. The van der Waals surface area contributed by atoms with E-state index >= 15 is 0 Å². The van der Waals surface area contributed by atoms with E-state index in [1.165, 1.54) is 7.11 Å². The fourth-order valence-corrected chi connectivity index (χ4v) is 1.90. The van der Waals surface area contributed by atoms with Crippen LogP contribution in [0.5, 0.6) is 5.75 Å². The van der Waals surface area contributed by atoms with E-state index in [0.29, 0.717) is 25.3 Å². The van der Waals surface area contributed by atoms with Crippen molar-refractivity contribution in [2.45, 2.75) is 13.1 Å². The molecule has 0 fully saturated rings. The lowest BCUT2D eigenvalue weighted by molar-refractivity contribution is 0.199. The van der Waals surface area contributed by atoms with Gasteiger partial charge in [0.15, 0.2) is 11.6 Å². The van der Waals surface area contributed by atoms with Crippen LogP contribution in [0.2, 0.25) is 0 Å². The van der Waals surface area contributed by atoms with Gasteiger partial charge in [0.1, 0.15) is 0 Å². The fraction of sp³-hybridized carbons (Fsp3) is 0.429. The Kier molecular flexibility index (Phi) is 5.65. The molecule has 2 rings (SSSR count). The average Bonchev–Trinajstić information content (AvgIpc) is 2.93. The Labute approximate surface area is 122 Å². The van der Waals surface area contributed by atoms with Gasteiger partial charge in [-0.05, 0) is 6.07 Å². The molecule has 1 aromatic heterocycles. The lowest BCUT2D eigenvalue weighted by atomic mass is 10.2. The summed E-state index contributed by atoms with van der Waals surface area (Å²) in [7, 11) is 3.10. The average molecular weight is 294 g/mol. The second-order valence-electron chi connectivity index (χ2n) is 4.51. The van der Waals surface area contributed by atoms with E-state index < -0.39 is 0 Å². The highest BCUT2D eigenvalue weighted by molar-refractivity contribution is 5.31. The Balaban J connectivity index is 1.96. The van der Waals surface area contributed by atoms with Crippen LogP contribution >= 0.6 is 0 Å². The number of nitrogens with zero attached hydrogens (tertiary/aromatic N) is 3. The summed E-state index contributed by atoms with van der Waals surface area (Å²) in [5.41, 5.74) is 1.31. The van der Waals surface area contributed by atoms with Gasteiger partial charge in [0.05, 0.1) is 32.2 Å². The van der Waals surface area contributed by atoms with Crippen molar-refractivity contribution in [2.24, 2.45) is 0 Å². The molecule has 21 heavy (non-hydrogen) atoms. The molecule has 1 heterocycles. The number of halogens is 1. The van der Waals surface area contributed by atoms with Gasteiger partial charge in [-0.3, -0.25) is 0 Å². The van der Waals surface area contributed by atoms with E-state index in [1.54, 1.807) is 36.2 Å². The van der Waals surface area contributed by atoms with Crippen LogP contribution in [-0.2, 0) is 17.8 Å². The molecule has 114 valence electrons. The zero-order valence-electron chi connectivity index (χ0n) is 12.2. The molecule has 0 saturated carbocycles. The highest BCUT2D eigenvalue weighted by atomic mass is 19.1. The van der Waals surface area contributed by atoms with Crippen LogP contribution in [-0.4, -0.2) is 42.4 Å². The predicted octanol–water partition coefficient (Wildman–Crippen LogP) is 1.21. The number of benzene rings is 1. The van der Waals surface area contributed by atoms with Gasteiger partial charge >= 0.3 is 0 Å². The van der Waals surface area contributed by atoms with Crippen molar-refractivity contribution in [3.63, 3.8) is 0 Å². The van der Waals surface area contributed by atoms with Crippen molar-refractivity contribution >= 4 is 0 Å². The van der Waals surface area contributed by atoms with E-state index in [1.807, 2.05) is 0 Å². The van der Waals surface area contributed by atoms with Crippen molar-refractivity contribution in [3.8, 4) is 5.75 Å². The van der Waals surface area contributed by atoms with Gasteiger partial charge in [-0.2, -0.15) is 0 Å². The zero-order chi connectivity index (χ0) is 15.1. The minimum absolute atomic E-state index is 0.231. The molecule has 2 aromatic rings. The van der Waals surface area contributed by atoms with Gasteiger partial charge < -0.3 is 14.8 Å². The van der Waals surface area contributed by atoms with Crippen LogP contribution in [0.3, 0.4) is 0 Å². The van der Waals surface area contributed by atoms with Crippen molar-refractivity contribution < 1.29 is 13.9 Å². The van der Waals surface area contributed by atoms with Gasteiger partial charge in [-0.25, -0.2) is 9.07 Å². The van der Waals surface area contributed by atoms with Gasteiger partial charge in [0.2, 0.25) is 0 Å². The Bertz CT molecular complexity index is 574. The summed E-state index contributed by atoms with van der Waals surface area (Å²) in [6.45, 7) is 2.30. The van der Waals surface area contributed by atoms with Gasteiger partial charge in [0.25, 0.3) is 0 Å². The lowest BCUT2D eigenvalue weighted by Gasteiger charge is -2.06. The van der Waals surface area contributed by atoms with E-state index in [-0.39, 0.29) is 11.6 Å². The topological polar surface area (TPSA) is 61.2 Å². The van der Waals surface area contributed by atoms with Crippen molar-refractivity contribution in [2.75, 3.05) is 27.4 Å². The van der Waals surface area contributed by atoms with Gasteiger partial charge in [0, 0.05) is 25.8 Å². The Morgan fingerprint density at radius 3 is 2.95 bits per heavy atom. The van der Waals surface area contributed by atoms with Crippen LogP contribution in [0.1, 0.15) is 11.3 Å². The van der Waals surface area contributed by atoms with Crippen molar-refractivity contribution in [1.82, 2.24) is 20.3 Å². The predicted molar refractivity (Wildman–Crippen MR) is 75.7 cm³/mol. The maximum absolute atomic E-state index is 14.0. The van der Waals surface area contributed by atoms with Crippen molar-refractivity contribution in [3.05, 3.63) is 41.5 Å². The van der Waals surface area contributed by atoms with Gasteiger partial charge in [-0.15, -0.1) is 5.10 Å². The summed E-state index contributed by atoms with van der Waals surface area (Å²) in [5, 5.41) is 11.2. The first-order valence-electron chi connectivity index (χ1n) is 6.64.